The van der Waals surface area contributed by atoms with Crippen LogP contribution in [0.3, 0.4) is 0 Å². The summed E-state index contributed by atoms with van der Waals surface area (Å²) in [5, 5.41) is 3.15. The number of thioether (sulfide) groups is 1. The maximum absolute atomic E-state index is 12.9. The fourth-order valence-corrected chi connectivity index (χ4v) is 3.75. The molecule has 1 amide bonds. The number of carbonyl (C=O) groups is 1. The van der Waals surface area contributed by atoms with Gasteiger partial charge in [0, 0.05) is 9.37 Å². The number of nitrogens with one attached hydrogen (secondary N) is 1. The molecular weight excluding hydrogens is 358 g/mol. The predicted octanol–water partition coefficient (Wildman–Crippen LogP) is 5.23. The van der Waals surface area contributed by atoms with Crippen LogP contribution in [0.1, 0.15) is 24.8 Å². The van der Waals surface area contributed by atoms with Crippen LogP contribution in [0.2, 0.25) is 0 Å². The van der Waals surface area contributed by atoms with Gasteiger partial charge in [-0.25, -0.2) is 0 Å². The van der Waals surface area contributed by atoms with Crippen LogP contribution >= 0.6 is 27.7 Å². The molecule has 0 unspecified atom stereocenters. The van der Waals surface area contributed by atoms with Crippen molar-refractivity contribution in [3.8, 4) is 0 Å². The van der Waals surface area contributed by atoms with E-state index in [1.807, 2.05) is 42.7 Å². The van der Waals surface area contributed by atoms with Crippen LogP contribution < -0.4 is 5.32 Å². The average molecular weight is 376 g/mol. The molecule has 0 bridgehead atoms. The van der Waals surface area contributed by atoms with Crippen LogP contribution in [0, 0.1) is 0 Å². The summed E-state index contributed by atoms with van der Waals surface area (Å²) in [5.74, 6) is 0.113. The molecule has 4 heteroatoms. The van der Waals surface area contributed by atoms with E-state index in [0.29, 0.717) is 0 Å². The maximum Gasteiger partial charge on any atom is 0.235 e. The molecule has 1 fully saturated rings. The lowest BCUT2D eigenvalue weighted by molar-refractivity contribution is -0.124. The van der Waals surface area contributed by atoms with E-state index in [2.05, 4.69) is 33.4 Å². The Labute approximate surface area is 143 Å². The van der Waals surface area contributed by atoms with E-state index >= 15 is 0 Å². The molecule has 1 aliphatic carbocycles. The van der Waals surface area contributed by atoms with Gasteiger partial charge in [-0.3, -0.25) is 4.79 Å². The number of amides is 1. The van der Waals surface area contributed by atoms with Crippen LogP contribution in [0.25, 0.3) is 0 Å². The molecule has 0 aliphatic heterocycles. The number of para-hydroxylation sites is 1. The van der Waals surface area contributed by atoms with Crippen molar-refractivity contribution in [3.63, 3.8) is 0 Å². The standard InChI is InChI=1S/C18H18BrNOS/c1-22-16-6-3-2-5-15(16)20-17(21)18(11-4-12-18)13-7-9-14(19)10-8-13/h2-3,5-10H,4,11-12H2,1H3,(H,20,21). The normalized spacial score (nSPS) is 15.9. The number of carbonyl (C=O) groups excluding carboxylic acids is 1. The molecule has 3 rings (SSSR count). The lowest BCUT2D eigenvalue weighted by atomic mass is 9.64. The van der Waals surface area contributed by atoms with Gasteiger partial charge >= 0.3 is 0 Å². The van der Waals surface area contributed by atoms with E-state index in [0.717, 1.165) is 39.9 Å². The van der Waals surface area contributed by atoms with E-state index in [1.54, 1.807) is 11.8 Å². The quantitative estimate of drug-likeness (QED) is 0.741. The second kappa shape index (κ2) is 6.47. The number of hydrogen-bond acceptors (Lipinski definition) is 2. The van der Waals surface area contributed by atoms with E-state index in [-0.39, 0.29) is 11.3 Å². The Balaban J connectivity index is 1.87. The first-order chi connectivity index (χ1) is 10.7. The molecule has 0 spiro atoms. The highest BCUT2D eigenvalue weighted by atomic mass is 79.9. The molecule has 0 heterocycles. The molecule has 1 aliphatic rings. The molecule has 2 nitrogen and oxygen atoms in total. The van der Waals surface area contributed by atoms with Gasteiger partial charge in [0.25, 0.3) is 0 Å². The van der Waals surface area contributed by atoms with Crippen LogP contribution in [0.4, 0.5) is 5.69 Å². The predicted molar refractivity (Wildman–Crippen MR) is 96.5 cm³/mol. The maximum atomic E-state index is 12.9. The molecule has 0 aromatic heterocycles. The van der Waals surface area contributed by atoms with Gasteiger partial charge < -0.3 is 5.32 Å². The lowest BCUT2D eigenvalue weighted by Crippen LogP contribution is -2.46. The molecule has 22 heavy (non-hydrogen) atoms. The Hall–Kier alpha value is -1.26. The summed E-state index contributed by atoms with van der Waals surface area (Å²) in [4.78, 5) is 14.0. The molecule has 0 radical (unpaired) electrons. The van der Waals surface area contributed by atoms with Crippen molar-refractivity contribution in [2.45, 2.75) is 29.6 Å². The van der Waals surface area contributed by atoms with Gasteiger partial charge in [0.15, 0.2) is 0 Å². The van der Waals surface area contributed by atoms with Crippen molar-refractivity contribution >= 4 is 39.3 Å². The number of benzene rings is 2. The van der Waals surface area contributed by atoms with Gasteiger partial charge in [0.1, 0.15) is 0 Å². The number of anilines is 1. The zero-order valence-electron chi connectivity index (χ0n) is 12.4. The van der Waals surface area contributed by atoms with Crippen LogP contribution in [-0.4, -0.2) is 12.2 Å². The van der Waals surface area contributed by atoms with Crippen molar-refractivity contribution in [3.05, 3.63) is 58.6 Å². The van der Waals surface area contributed by atoms with E-state index in [1.165, 1.54) is 0 Å². The summed E-state index contributed by atoms with van der Waals surface area (Å²) in [6.45, 7) is 0. The first kappa shape index (κ1) is 15.6. The van der Waals surface area contributed by atoms with E-state index < -0.39 is 0 Å². The highest BCUT2D eigenvalue weighted by Crippen LogP contribution is 2.45. The lowest BCUT2D eigenvalue weighted by Gasteiger charge is -2.40. The van der Waals surface area contributed by atoms with Crippen molar-refractivity contribution in [1.29, 1.82) is 0 Å². The van der Waals surface area contributed by atoms with Gasteiger partial charge in [-0.15, -0.1) is 11.8 Å². The first-order valence-electron chi connectivity index (χ1n) is 7.36. The minimum absolute atomic E-state index is 0.113. The highest BCUT2D eigenvalue weighted by Gasteiger charge is 2.45. The summed E-state index contributed by atoms with van der Waals surface area (Å²) in [6.07, 6.45) is 4.97. The molecule has 1 saturated carbocycles. The number of hydrogen-bond donors (Lipinski definition) is 1. The Kier molecular flexibility index (Phi) is 4.59. The molecule has 2 aromatic carbocycles. The van der Waals surface area contributed by atoms with Crippen molar-refractivity contribution in [2.24, 2.45) is 0 Å². The highest BCUT2D eigenvalue weighted by molar-refractivity contribution is 9.10. The minimum atomic E-state index is -0.369. The second-order valence-corrected chi connectivity index (χ2v) is 7.36. The Bertz CT molecular complexity index is 680. The third-order valence-corrected chi connectivity index (χ3v) is 5.72. The Morgan fingerprint density at radius 3 is 2.41 bits per heavy atom. The Morgan fingerprint density at radius 2 is 1.82 bits per heavy atom. The summed E-state index contributed by atoms with van der Waals surface area (Å²) in [6, 6.07) is 16.1. The second-order valence-electron chi connectivity index (χ2n) is 5.60. The van der Waals surface area contributed by atoms with Crippen molar-refractivity contribution in [2.75, 3.05) is 11.6 Å². The van der Waals surface area contributed by atoms with Crippen molar-refractivity contribution in [1.82, 2.24) is 0 Å². The summed E-state index contributed by atoms with van der Waals surface area (Å²) >= 11 is 5.11. The van der Waals surface area contributed by atoms with Crippen LogP contribution in [0.15, 0.2) is 57.9 Å². The van der Waals surface area contributed by atoms with E-state index in [4.69, 9.17) is 0 Å². The van der Waals surface area contributed by atoms with Crippen LogP contribution in [-0.2, 0) is 10.2 Å². The summed E-state index contributed by atoms with van der Waals surface area (Å²) < 4.78 is 1.04. The van der Waals surface area contributed by atoms with Gasteiger partial charge in [-0.1, -0.05) is 46.6 Å². The summed E-state index contributed by atoms with van der Waals surface area (Å²) in [5.41, 5.74) is 1.65. The largest absolute Gasteiger partial charge is 0.324 e. The molecule has 0 atom stereocenters. The third-order valence-electron chi connectivity index (χ3n) is 4.39. The topological polar surface area (TPSA) is 29.1 Å². The average Bonchev–Trinajstić information content (AvgIpc) is 2.48. The van der Waals surface area contributed by atoms with E-state index in [9.17, 15) is 4.79 Å². The Morgan fingerprint density at radius 1 is 1.14 bits per heavy atom. The van der Waals surface area contributed by atoms with Crippen LogP contribution in [0.5, 0.6) is 0 Å². The molecule has 0 saturated heterocycles. The monoisotopic (exact) mass is 375 g/mol. The van der Waals surface area contributed by atoms with Gasteiger partial charge in [0.05, 0.1) is 11.1 Å². The fraction of sp³-hybridized carbons (Fsp3) is 0.278. The zero-order valence-corrected chi connectivity index (χ0v) is 14.8. The molecule has 2 aromatic rings. The van der Waals surface area contributed by atoms with Crippen molar-refractivity contribution < 1.29 is 4.79 Å². The molecule has 1 N–H and O–H groups in total. The zero-order chi connectivity index (χ0) is 15.6. The molecule has 114 valence electrons. The smallest absolute Gasteiger partial charge is 0.235 e. The van der Waals surface area contributed by atoms with Gasteiger partial charge in [-0.05, 0) is 48.9 Å². The molecular formula is C18H18BrNOS. The first-order valence-corrected chi connectivity index (χ1v) is 9.38. The third kappa shape index (κ3) is 2.82. The number of rotatable bonds is 4. The van der Waals surface area contributed by atoms with Gasteiger partial charge in [0.2, 0.25) is 5.91 Å². The minimum Gasteiger partial charge on any atom is -0.324 e. The SMILES string of the molecule is CSc1ccccc1NC(=O)C1(c2ccc(Br)cc2)CCC1. The fourth-order valence-electron chi connectivity index (χ4n) is 2.94. The van der Waals surface area contributed by atoms with Gasteiger partial charge in [-0.2, -0.15) is 0 Å². The number of halogens is 1. The summed E-state index contributed by atoms with van der Waals surface area (Å²) in [7, 11) is 0.